The molecule has 8 heteroatoms. The van der Waals surface area contributed by atoms with E-state index in [4.69, 9.17) is 9.47 Å². The van der Waals surface area contributed by atoms with Crippen LogP contribution in [0.1, 0.15) is 27.2 Å². The van der Waals surface area contributed by atoms with Crippen LogP contribution in [0.3, 0.4) is 0 Å². The van der Waals surface area contributed by atoms with Crippen LogP contribution in [0.15, 0.2) is 65.7 Å². The Kier molecular flexibility index (Phi) is 8.05. The van der Waals surface area contributed by atoms with E-state index in [2.05, 4.69) is 39.8 Å². The fourth-order valence-corrected chi connectivity index (χ4v) is 4.71. The van der Waals surface area contributed by atoms with Gasteiger partial charge in [-0.3, -0.25) is 9.59 Å². The Morgan fingerprint density at radius 2 is 1.89 bits per heavy atom. The van der Waals surface area contributed by atoms with Gasteiger partial charge >= 0.3 is 0 Å². The number of nitrogens with zero attached hydrogens (tertiary/aromatic N) is 1. The van der Waals surface area contributed by atoms with Crippen LogP contribution >= 0.6 is 11.3 Å². The van der Waals surface area contributed by atoms with Crippen molar-refractivity contribution in [3.63, 3.8) is 0 Å². The molecule has 0 aliphatic carbocycles. The van der Waals surface area contributed by atoms with Crippen molar-refractivity contribution in [1.29, 1.82) is 0 Å². The van der Waals surface area contributed by atoms with E-state index in [1.807, 2.05) is 17.5 Å². The lowest BCUT2D eigenvalue weighted by molar-refractivity contribution is -0.117. The normalized spacial score (nSPS) is 12.7. The number of benzene rings is 2. The zero-order valence-corrected chi connectivity index (χ0v) is 20.7. The van der Waals surface area contributed by atoms with Crippen molar-refractivity contribution in [2.75, 3.05) is 38.8 Å². The molecule has 3 aromatic rings. The lowest BCUT2D eigenvalue weighted by atomic mass is 10.1. The predicted molar refractivity (Wildman–Crippen MR) is 139 cm³/mol. The topological polar surface area (TPSA) is 79.9 Å². The van der Waals surface area contributed by atoms with Crippen LogP contribution in [0.5, 0.6) is 11.5 Å². The average molecular weight is 492 g/mol. The zero-order chi connectivity index (χ0) is 24.6. The van der Waals surface area contributed by atoms with Gasteiger partial charge in [0.1, 0.15) is 5.70 Å². The van der Waals surface area contributed by atoms with Crippen LogP contribution in [-0.4, -0.2) is 45.7 Å². The number of methoxy groups -OCH3 is 2. The Morgan fingerprint density at radius 1 is 1.06 bits per heavy atom. The van der Waals surface area contributed by atoms with Gasteiger partial charge < -0.3 is 25.0 Å². The standard InChI is InChI=1S/C27H29N3O4S/c1-33-24-11-10-20(17-25(24)34-2)26(31)29-22(18-21-8-5-16-35-21)27(32)28-13-6-14-30-15-12-19-7-3-4-9-23(19)30/h3-5,7-11,16-18H,6,12-15H2,1-2H3,(H,28,32)(H,29,31)/b22-18-. The molecule has 0 unspecified atom stereocenters. The number of para-hydroxylation sites is 1. The molecule has 0 bridgehead atoms. The summed E-state index contributed by atoms with van der Waals surface area (Å²) < 4.78 is 10.5. The van der Waals surface area contributed by atoms with Crippen molar-refractivity contribution >= 4 is 34.9 Å². The molecule has 7 nitrogen and oxygen atoms in total. The summed E-state index contributed by atoms with van der Waals surface area (Å²) in [6.07, 6.45) is 3.55. The van der Waals surface area contributed by atoms with Crippen molar-refractivity contribution in [1.82, 2.24) is 10.6 Å². The summed E-state index contributed by atoms with van der Waals surface area (Å²) in [5.74, 6) is 0.236. The van der Waals surface area contributed by atoms with Crippen LogP contribution in [0.25, 0.3) is 6.08 Å². The molecule has 2 aromatic carbocycles. The van der Waals surface area contributed by atoms with Gasteiger partial charge in [0, 0.05) is 35.8 Å². The van der Waals surface area contributed by atoms with Crippen LogP contribution in [0.2, 0.25) is 0 Å². The highest BCUT2D eigenvalue weighted by Crippen LogP contribution is 2.28. The Hall–Kier alpha value is -3.78. The van der Waals surface area contributed by atoms with Gasteiger partial charge in [-0.05, 0) is 60.2 Å². The smallest absolute Gasteiger partial charge is 0.267 e. The second-order valence-electron chi connectivity index (χ2n) is 8.07. The highest BCUT2D eigenvalue weighted by molar-refractivity contribution is 7.10. The largest absolute Gasteiger partial charge is 0.493 e. The number of hydrogen-bond donors (Lipinski definition) is 2. The van der Waals surface area contributed by atoms with Gasteiger partial charge in [-0.15, -0.1) is 11.3 Å². The van der Waals surface area contributed by atoms with E-state index >= 15 is 0 Å². The summed E-state index contributed by atoms with van der Waals surface area (Å²) in [5, 5.41) is 7.64. The minimum atomic E-state index is -0.405. The Bertz CT molecular complexity index is 1210. The van der Waals surface area contributed by atoms with E-state index in [0.29, 0.717) is 23.6 Å². The summed E-state index contributed by atoms with van der Waals surface area (Å²) >= 11 is 1.49. The molecule has 0 spiro atoms. The van der Waals surface area contributed by atoms with Crippen molar-refractivity contribution in [2.45, 2.75) is 12.8 Å². The van der Waals surface area contributed by atoms with Crippen LogP contribution in [0, 0.1) is 0 Å². The number of carbonyl (C=O) groups is 2. The SMILES string of the molecule is COc1ccc(C(=O)N/C(=C\c2cccs2)C(=O)NCCCN2CCc3ccccc32)cc1OC. The van der Waals surface area contributed by atoms with Gasteiger partial charge in [-0.2, -0.15) is 0 Å². The molecule has 0 atom stereocenters. The first kappa shape index (κ1) is 24.3. The molecule has 1 aliphatic rings. The van der Waals surface area contributed by atoms with E-state index in [0.717, 1.165) is 30.8 Å². The number of nitrogens with one attached hydrogen (secondary N) is 2. The van der Waals surface area contributed by atoms with E-state index in [1.54, 1.807) is 24.3 Å². The first-order valence-electron chi connectivity index (χ1n) is 11.5. The minimum absolute atomic E-state index is 0.193. The van der Waals surface area contributed by atoms with Crippen LogP contribution in [-0.2, 0) is 11.2 Å². The van der Waals surface area contributed by atoms with Crippen molar-refractivity contribution in [3.05, 3.63) is 81.7 Å². The molecule has 0 saturated heterocycles. The average Bonchev–Trinajstić information content (AvgIpc) is 3.55. The van der Waals surface area contributed by atoms with Crippen LogP contribution in [0.4, 0.5) is 5.69 Å². The molecule has 1 aliphatic heterocycles. The van der Waals surface area contributed by atoms with E-state index in [9.17, 15) is 9.59 Å². The third-order valence-corrected chi connectivity index (χ3v) is 6.66. The Balaban J connectivity index is 1.38. The molecule has 1 aromatic heterocycles. The van der Waals surface area contributed by atoms with E-state index in [1.165, 1.54) is 36.8 Å². The van der Waals surface area contributed by atoms with Crippen molar-refractivity contribution in [2.24, 2.45) is 0 Å². The van der Waals surface area contributed by atoms with Gasteiger partial charge in [0.05, 0.1) is 14.2 Å². The Labute approximate surface area is 209 Å². The number of anilines is 1. The fraction of sp³-hybridized carbons (Fsp3) is 0.259. The molecular formula is C27H29N3O4S. The number of rotatable bonds is 10. The summed E-state index contributed by atoms with van der Waals surface area (Å²) in [5.41, 5.74) is 3.20. The van der Waals surface area contributed by atoms with Crippen LogP contribution < -0.4 is 25.0 Å². The number of thiophene rings is 1. The second-order valence-corrected chi connectivity index (χ2v) is 9.05. The third kappa shape index (κ3) is 6.02. The number of hydrogen-bond acceptors (Lipinski definition) is 6. The zero-order valence-electron chi connectivity index (χ0n) is 19.9. The highest BCUT2D eigenvalue weighted by atomic mass is 32.1. The molecule has 35 heavy (non-hydrogen) atoms. The summed E-state index contributed by atoms with van der Waals surface area (Å²) in [4.78, 5) is 29.2. The maximum absolute atomic E-state index is 13.0. The van der Waals surface area contributed by atoms with Gasteiger partial charge in [0.25, 0.3) is 11.8 Å². The molecule has 0 fully saturated rings. The molecule has 2 amide bonds. The third-order valence-electron chi connectivity index (χ3n) is 5.84. The Morgan fingerprint density at radius 3 is 2.66 bits per heavy atom. The maximum atomic E-state index is 13.0. The first-order chi connectivity index (χ1) is 17.1. The van der Waals surface area contributed by atoms with Crippen molar-refractivity contribution in [3.8, 4) is 11.5 Å². The second kappa shape index (κ2) is 11.6. The number of fused-ring (bicyclic) bond motifs is 1. The van der Waals surface area contributed by atoms with Gasteiger partial charge in [0.2, 0.25) is 0 Å². The molecular weight excluding hydrogens is 462 g/mol. The molecule has 2 N–H and O–H groups in total. The molecule has 2 heterocycles. The quantitative estimate of drug-likeness (QED) is 0.330. The molecule has 4 rings (SSSR count). The first-order valence-corrected chi connectivity index (χ1v) is 12.4. The lowest BCUT2D eigenvalue weighted by Crippen LogP contribution is -2.36. The van der Waals surface area contributed by atoms with E-state index < -0.39 is 5.91 Å². The molecule has 0 saturated carbocycles. The highest BCUT2D eigenvalue weighted by Gasteiger charge is 2.19. The lowest BCUT2D eigenvalue weighted by Gasteiger charge is -2.19. The summed E-state index contributed by atoms with van der Waals surface area (Å²) in [6, 6.07) is 17.1. The summed E-state index contributed by atoms with van der Waals surface area (Å²) in [6.45, 7) is 2.36. The van der Waals surface area contributed by atoms with Crippen molar-refractivity contribution < 1.29 is 19.1 Å². The number of amides is 2. The monoisotopic (exact) mass is 491 g/mol. The summed E-state index contributed by atoms with van der Waals surface area (Å²) in [7, 11) is 3.04. The van der Waals surface area contributed by atoms with Gasteiger partial charge in [-0.1, -0.05) is 24.3 Å². The fourth-order valence-electron chi connectivity index (χ4n) is 4.05. The van der Waals surface area contributed by atoms with E-state index in [-0.39, 0.29) is 11.6 Å². The van der Waals surface area contributed by atoms with Gasteiger partial charge in [0.15, 0.2) is 11.5 Å². The number of ether oxygens (including phenoxy) is 2. The van der Waals surface area contributed by atoms with Gasteiger partial charge in [-0.25, -0.2) is 0 Å². The molecule has 182 valence electrons. The molecule has 0 radical (unpaired) electrons. The predicted octanol–water partition coefficient (Wildman–Crippen LogP) is 4.11. The minimum Gasteiger partial charge on any atom is -0.493 e. The number of carbonyl (C=O) groups excluding carboxylic acids is 2. The maximum Gasteiger partial charge on any atom is 0.267 e.